The third-order valence-corrected chi connectivity index (χ3v) is 15.8. The highest BCUT2D eigenvalue weighted by atomic mass is 35.5. The summed E-state index contributed by atoms with van der Waals surface area (Å²) in [6, 6.07) is 19.5. The van der Waals surface area contributed by atoms with Crippen LogP contribution in [0, 0.1) is 11.8 Å². The summed E-state index contributed by atoms with van der Waals surface area (Å²) in [5.41, 5.74) is 5.73. The van der Waals surface area contributed by atoms with Gasteiger partial charge in [0.15, 0.2) is 0 Å². The number of rotatable bonds is 12. The Labute approximate surface area is 415 Å². The highest BCUT2D eigenvalue weighted by molar-refractivity contribution is 7.99. The summed E-state index contributed by atoms with van der Waals surface area (Å²) in [6.07, 6.45) is 18.7. The molecule has 2 unspecified atom stereocenters. The van der Waals surface area contributed by atoms with Gasteiger partial charge in [0, 0.05) is 96.8 Å². The second-order valence-electron chi connectivity index (χ2n) is 17.1. The molecule has 4 aliphatic heterocycles. The summed E-state index contributed by atoms with van der Waals surface area (Å²) in [7, 11) is 0. The van der Waals surface area contributed by atoms with E-state index in [2.05, 4.69) is 22.0 Å². The molecule has 2 saturated heterocycles. The van der Waals surface area contributed by atoms with Gasteiger partial charge in [-0.15, -0.1) is 0 Å². The van der Waals surface area contributed by atoms with Gasteiger partial charge < -0.3 is 29.8 Å². The maximum absolute atomic E-state index is 13.4. The molecule has 2 atom stereocenters. The standard InChI is InChI=1S/C52H50Cl4N4O6S/c53-47-39(17-19-45(61)57-21-3-1-4-22-57)41(33-11-7-15-37(27-33)59-25-9-13-35(31-59)51(63)64)29-43(49(47)55)67-44-30-42(34-12-8-16-38(28-34)60-26-10-14-36(32-60)52(65)66)40(48(54)50(44)56)18-20-46(62)58-23-5-2-6-24-58/h1-3,5,7-8,11-12,15-20,27-30,35-36H,4,6,9-10,13-14,21-26,31-32H2,(H,63,64)(H,65,66)/b19-17+,20-18+. The lowest BCUT2D eigenvalue weighted by Gasteiger charge is -2.33. The zero-order valence-electron chi connectivity index (χ0n) is 36.7. The average molecular weight is 1000 g/mol. The molecule has 67 heavy (non-hydrogen) atoms. The zero-order valence-corrected chi connectivity index (χ0v) is 40.5. The summed E-state index contributed by atoms with van der Waals surface area (Å²) in [4.78, 5) is 59.6. The van der Waals surface area contributed by atoms with Crippen molar-refractivity contribution in [3.63, 3.8) is 0 Å². The molecule has 0 bridgehead atoms. The van der Waals surface area contributed by atoms with Crippen LogP contribution in [0.1, 0.15) is 49.7 Å². The van der Waals surface area contributed by atoms with Crippen molar-refractivity contribution in [1.82, 2.24) is 9.80 Å². The lowest BCUT2D eigenvalue weighted by Crippen LogP contribution is -2.38. The molecular weight excluding hydrogens is 950 g/mol. The summed E-state index contributed by atoms with van der Waals surface area (Å²) in [6.45, 7) is 4.41. The Morgan fingerprint density at radius 2 is 1.00 bits per heavy atom. The van der Waals surface area contributed by atoms with E-state index in [9.17, 15) is 29.4 Å². The number of anilines is 2. The van der Waals surface area contributed by atoms with Gasteiger partial charge in [-0.2, -0.15) is 0 Å². The number of hydrogen-bond acceptors (Lipinski definition) is 7. The van der Waals surface area contributed by atoms with Gasteiger partial charge in [-0.3, -0.25) is 19.2 Å². The molecule has 0 radical (unpaired) electrons. The van der Waals surface area contributed by atoms with E-state index in [1.54, 1.807) is 22.0 Å². The van der Waals surface area contributed by atoms with Gasteiger partial charge in [-0.05, 0) is 109 Å². The minimum atomic E-state index is -0.813. The quantitative estimate of drug-likeness (QED) is 0.106. The Bertz CT molecular complexity index is 2520. The number of carboxylic acids is 2. The van der Waals surface area contributed by atoms with Gasteiger partial charge in [-0.1, -0.05) is 107 Å². The second kappa shape index (κ2) is 21.8. The van der Waals surface area contributed by atoms with E-state index in [1.807, 2.05) is 72.8 Å². The number of piperidine rings is 2. The van der Waals surface area contributed by atoms with Crippen LogP contribution >= 0.6 is 58.2 Å². The first-order valence-electron chi connectivity index (χ1n) is 22.5. The van der Waals surface area contributed by atoms with E-state index in [4.69, 9.17) is 46.4 Å². The first-order valence-corrected chi connectivity index (χ1v) is 24.8. The van der Waals surface area contributed by atoms with Gasteiger partial charge in [0.05, 0.1) is 31.9 Å². The molecule has 0 aliphatic carbocycles. The van der Waals surface area contributed by atoms with Crippen LogP contribution in [0.5, 0.6) is 0 Å². The first-order chi connectivity index (χ1) is 32.4. The third kappa shape index (κ3) is 11.2. The molecule has 2 N–H and O–H groups in total. The fraction of sp³-hybridized carbons (Fsp3) is 0.308. The Hall–Kier alpha value is -5.17. The molecule has 15 heteroatoms. The molecule has 348 valence electrons. The number of nitrogens with zero attached hydrogens (tertiary/aromatic N) is 4. The van der Waals surface area contributed by atoms with Crippen molar-refractivity contribution in [1.29, 1.82) is 0 Å². The summed E-state index contributed by atoms with van der Waals surface area (Å²) < 4.78 is 0. The molecule has 4 aliphatic rings. The van der Waals surface area contributed by atoms with Gasteiger partial charge in [-0.25, -0.2) is 0 Å². The van der Waals surface area contributed by atoms with Gasteiger partial charge in [0.25, 0.3) is 0 Å². The average Bonchev–Trinajstić information content (AvgIpc) is 3.36. The maximum Gasteiger partial charge on any atom is 0.308 e. The molecule has 2 fully saturated rings. The van der Waals surface area contributed by atoms with Crippen molar-refractivity contribution in [2.45, 2.75) is 48.3 Å². The number of benzene rings is 4. The molecule has 0 saturated carbocycles. The molecule has 2 amide bonds. The van der Waals surface area contributed by atoms with E-state index in [1.165, 1.54) is 23.9 Å². The highest BCUT2D eigenvalue weighted by Gasteiger charge is 2.28. The Balaban J connectivity index is 1.22. The fourth-order valence-electron chi connectivity index (χ4n) is 9.07. The van der Waals surface area contributed by atoms with E-state index in [0.717, 1.165) is 48.2 Å². The number of carboxylic acid groups (broad SMARTS) is 2. The number of carbonyl (C=O) groups excluding carboxylic acids is 2. The van der Waals surface area contributed by atoms with Crippen LogP contribution in [0.3, 0.4) is 0 Å². The number of aliphatic carboxylic acids is 2. The van der Waals surface area contributed by atoms with E-state index >= 15 is 0 Å². The van der Waals surface area contributed by atoms with Crippen LogP contribution in [-0.2, 0) is 19.2 Å². The van der Waals surface area contributed by atoms with Crippen LogP contribution in [0.15, 0.2) is 107 Å². The monoisotopic (exact) mass is 998 g/mol. The molecule has 4 aromatic carbocycles. The van der Waals surface area contributed by atoms with E-state index < -0.39 is 23.8 Å². The lowest BCUT2D eigenvalue weighted by molar-refractivity contribution is -0.142. The number of carbonyl (C=O) groups is 4. The van der Waals surface area contributed by atoms with Crippen LogP contribution in [0.2, 0.25) is 20.1 Å². The largest absolute Gasteiger partial charge is 0.481 e. The SMILES string of the molecule is O=C(O)C1CCCN(c2cccc(-c3cc(Sc4cc(-c5cccc(N6CCCC(C(=O)O)C6)c5)c(/C=C/C(=O)N5CC=CCC5)c(Cl)c4Cl)c(Cl)c(Cl)c3/C=C/C(=O)N3CC=CCC3)c2)C1. The summed E-state index contributed by atoms with van der Waals surface area (Å²) in [5.74, 6) is -2.91. The second-order valence-corrected chi connectivity index (χ2v) is 19.7. The minimum Gasteiger partial charge on any atom is -0.481 e. The Morgan fingerprint density at radius 3 is 1.39 bits per heavy atom. The van der Waals surface area contributed by atoms with Crippen LogP contribution in [0.4, 0.5) is 11.4 Å². The summed E-state index contributed by atoms with van der Waals surface area (Å²) in [5, 5.41) is 20.6. The molecule has 10 nitrogen and oxygen atoms in total. The number of halogens is 4. The van der Waals surface area contributed by atoms with Crippen molar-refractivity contribution in [2.24, 2.45) is 11.8 Å². The van der Waals surface area contributed by atoms with Gasteiger partial charge >= 0.3 is 11.9 Å². The third-order valence-electron chi connectivity index (χ3n) is 12.8. The molecule has 0 aromatic heterocycles. The van der Waals surface area contributed by atoms with Crippen molar-refractivity contribution in [2.75, 3.05) is 62.2 Å². The summed E-state index contributed by atoms with van der Waals surface area (Å²) >= 11 is 30.2. The maximum atomic E-state index is 13.4. The van der Waals surface area contributed by atoms with Crippen molar-refractivity contribution in [3.05, 3.63) is 128 Å². The van der Waals surface area contributed by atoms with Gasteiger partial charge in [0.1, 0.15) is 0 Å². The van der Waals surface area contributed by atoms with E-state index in [-0.39, 0.29) is 31.9 Å². The minimum absolute atomic E-state index is 0.161. The highest BCUT2D eigenvalue weighted by Crippen LogP contribution is 2.49. The lowest BCUT2D eigenvalue weighted by atomic mass is 9.96. The molecule has 8 rings (SSSR count). The van der Waals surface area contributed by atoms with Crippen molar-refractivity contribution in [3.8, 4) is 22.3 Å². The predicted molar refractivity (Wildman–Crippen MR) is 272 cm³/mol. The van der Waals surface area contributed by atoms with Crippen molar-refractivity contribution < 1.29 is 29.4 Å². The van der Waals surface area contributed by atoms with Crippen LogP contribution in [0.25, 0.3) is 34.4 Å². The molecular formula is C52H50Cl4N4O6S. The topological polar surface area (TPSA) is 122 Å². The van der Waals surface area contributed by atoms with Crippen LogP contribution in [-0.4, -0.2) is 96.1 Å². The zero-order chi connectivity index (χ0) is 47.2. The van der Waals surface area contributed by atoms with Crippen molar-refractivity contribution >= 4 is 105 Å². The molecule has 4 aromatic rings. The first kappa shape index (κ1) is 48.3. The molecule has 0 spiro atoms. The Kier molecular flexibility index (Phi) is 15.7. The Morgan fingerprint density at radius 1 is 0.567 bits per heavy atom. The predicted octanol–water partition coefficient (Wildman–Crippen LogP) is 12.0. The van der Waals surface area contributed by atoms with Gasteiger partial charge in [0.2, 0.25) is 11.8 Å². The smallest absolute Gasteiger partial charge is 0.308 e. The molecule has 4 heterocycles. The fourth-order valence-corrected chi connectivity index (χ4v) is 11.2. The number of hydrogen-bond donors (Lipinski definition) is 2. The number of amides is 2. The van der Waals surface area contributed by atoms with Crippen LogP contribution < -0.4 is 9.80 Å². The van der Waals surface area contributed by atoms with E-state index in [0.29, 0.717) is 97.2 Å². The normalized spacial score (nSPS) is 18.9.